The Hall–Kier alpha value is -1.71. The van der Waals surface area contributed by atoms with Gasteiger partial charge in [-0.1, -0.05) is 0 Å². The minimum Gasteiger partial charge on any atom is -0.324 e. The van der Waals surface area contributed by atoms with Gasteiger partial charge in [0.15, 0.2) is 0 Å². The van der Waals surface area contributed by atoms with Gasteiger partial charge in [0.2, 0.25) is 5.91 Å². The number of fused-ring (bicyclic) bond motifs is 1. The fraction of sp³-hybridized carbons (Fsp3) is 0.222. The number of carbonyl (C=O) groups is 1. The summed E-state index contributed by atoms with van der Waals surface area (Å²) in [5.74, 6) is -0.0449. The van der Waals surface area contributed by atoms with Crippen LogP contribution in [0.3, 0.4) is 0 Å². The molecule has 0 radical (unpaired) electrons. The topological polar surface area (TPSA) is 65.8 Å². The number of nitrogens with one attached hydrogen (secondary N) is 2. The van der Waals surface area contributed by atoms with E-state index in [2.05, 4.69) is 10.3 Å². The normalized spacial score (nSPS) is 16.0. The Bertz CT molecular complexity index is 373. The standard InChI is InChI=1S/C9H9N3O/c10-6-3-4-8(13)12-7-2-1-5-11-9(6)7/h1-2,5,10H,3-4H2,(H,12,13). The van der Waals surface area contributed by atoms with Crippen molar-refractivity contribution < 1.29 is 4.79 Å². The minimum absolute atomic E-state index is 0.0449. The molecule has 66 valence electrons. The van der Waals surface area contributed by atoms with Crippen molar-refractivity contribution in [2.24, 2.45) is 0 Å². The Labute approximate surface area is 75.5 Å². The number of hydrogen-bond acceptors (Lipinski definition) is 3. The predicted molar refractivity (Wildman–Crippen MR) is 48.9 cm³/mol. The lowest BCUT2D eigenvalue weighted by molar-refractivity contribution is -0.116. The molecule has 2 N–H and O–H groups in total. The fourth-order valence-corrected chi connectivity index (χ4v) is 1.32. The Balaban J connectivity index is 2.49. The van der Waals surface area contributed by atoms with E-state index in [4.69, 9.17) is 5.41 Å². The molecule has 0 bridgehead atoms. The molecule has 13 heavy (non-hydrogen) atoms. The zero-order valence-electron chi connectivity index (χ0n) is 7.00. The first-order valence-corrected chi connectivity index (χ1v) is 4.10. The molecule has 0 spiro atoms. The second-order valence-corrected chi connectivity index (χ2v) is 2.93. The maximum absolute atomic E-state index is 11.2. The predicted octanol–water partition coefficient (Wildman–Crippen LogP) is 1.18. The molecule has 1 aliphatic heterocycles. The zero-order chi connectivity index (χ0) is 9.26. The second-order valence-electron chi connectivity index (χ2n) is 2.93. The summed E-state index contributed by atoms with van der Waals surface area (Å²) < 4.78 is 0. The number of carbonyl (C=O) groups excluding carboxylic acids is 1. The highest BCUT2D eigenvalue weighted by molar-refractivity contribution is 6.08. The summed E-state index contributed by atoms with van der Waals surface area (Å²) >= 11 is 0. The molecule has 1 amide bonds. The third-order valence-electron chi connectivity index (χ3n) is 1.97. The Morgan fingerprint density at radius 2 is 2.31 bits per heavy atom. The molecular weight excluding hydrogens is 166 g/mol. The average molecular weight is 175 g/mol. The van der Waals surface area contributed by atoms with Gasteiger partial charge in [-0.05, 0) is 18.6 Å². The highest BCUT2D eigenvalue weighted by Gasteiger charge is 2.16. The van der Waals surface area contributed by atoms with Gasteiger partial charge in [-0.25, -0.2) is 0 Å². The molecule has 1 aromatic rings. The van der Waals surface area contributed by atoms with Gasteiger partial charge in [-0.3, -0.25) is 9.78 Å². The van der Waals surface area contributed by atoms with Gasteiger partial charge in [0.05, 0.1) is 11.4 Å². The first-order chi connectivity index (χ1) is 6.27. The molecule has 1 aromatic heterocycles. The monoisotopic (exact) mass is 175 g/mol. The van der Waals surface area contributed by atoms with Crippen molar-refractivity contribution in [3.05, 3.63) is 24.0 Å². The van der Waals surface area contributed by atoms with E-state index >= 15 is 0 Å². The van der Waals surface area contributed by atoms with Crippen molar-refractivity contribution in [1.82, 2.24) is 4.98 Å². The molecule has 0 fully saturated rings. The Morgan fingerprint density at radius 1 is 1.46 bits per heavy atom. The number of pyridine rings is 1. The van der Waals surface area contributed by atoms with Crippen LogP contribution >= 0.6 is 0 Å². The third kappa shape index (κ3) is 1.42. The molecule has 0 atom stereocenters. The fourth-order valence-electron chi connectivity index (χ4n) is 1.32. The molecule has 0 saturated heterocycles. The summed E-state index contributed by atoms with van der Waals surface area (Å²) in [5, 5.41) is 10.4. The van der Waals surface area contributed by atoms with Crippen LogP contribution in [0.5, 0.6) is 0 Å². The van der Waals surface area contributed by atoms with Crippen LogP contribution in [0.15, 0.2) is 18.3 Å². The smallest absolute Gasteiger partial charge is 0.224 e. The second kappa shape index (κ2) is 2.97. The maximum atomic E-state index is 11.2. The summed E-state index contributed by atoms with van der Waals surface area (Å²) in [7, 11) is 0. The highest BCUT2D eigenvalue weighted by Crippen LogP contribution is 2.18. The highest BCUT2D eigenvalue weighted by atomic mass is 16.1. The van der Waals surface area contributed by atoms with Crippen LogP contribution < -0.4 is 5.32 Å². The van der Waals surface area contributed by atoms with E-state index in [0.29, 0.717) is 29.9 Å². The van der Waals surface area contributed by atoms with E-state index in [1.165, 1.54) is 0 Å². The molecule has 0 aromatic carbocycles. The molecule has 0 unspecified atom stereocenters. The van der Waals surface area contributed by atoms with Gasteiger partial charge in [-0.2, -0.15) is 0 Å². The Kier molecular flexibility index (Phi) is 1.81. The number of aromatic nitrogens is 1. The summed E-state index contributed by atoms with van der Waals surface area (Å²) in [6.07, 6.45) is 2.47. The summed E-state index contributed by atoms with van der Waals surface area (Å²) in [6.45, 7) is 0. The third-order valence-corrected chi connectivity index (χ3v) is 1.97. The lowest BCUT2D eigenvalue weighted by Crippen LogP contribution is -2.09. The molecule has 4 nitrogen and oxygen atoms in total. The molecule has 2 rings (SSSR count). The van der Waals surface area contributed by atoms with E-state index in [9.17, 15) is 4.79 Å². The zero-order valence-corrected chi connectivity index (χ0v) is 7.00. The average Bonchev–Trinajstić information content (AvgIpc) is 2.27. The van der Waals surface area contributed by atoms with Crippen LogP contribution in [-0.2, 0) is 4.79 Å². The lowest BCUT2D eigenvalue weighted by atomic mass is 10.1. The maximum Gasteiger partial charge on any atom is 0.224 e. The van der Waals surface area contributed by atoms with Crippen LogP contribution in [0.2, 0.25) is 0 Å². The molecular formula is C9H9N3O. The van der Waals surface area contributed by atoms with Crippen LogP contribution in [0, 0.1) is 5.41 Å². The van der Waals surface area contributed by atoms with Gasteiger partial charge in [0, 0.05) is 12.6 Å². The summed E-state index contributed by atoms with van der Waals surface area (Å²) in [6, 6.07) is 3.51. The number of rotatable bonds is 0. The number of anilines is 1. The van der Waals surface area contributed by atoms with Crippen LogP contribution in [0.4, 0.5) is 5.69 Å². The SMILES string of the molecule is N=C1CCC(=O)Nc2cccnc21. The first-order valence-electron chi connectivity index (χ1n) is 4.10. The van der Waals surface area contributed by atoms with Crippen LogP contribution in [0.1, 0.15) is 18.5 Å². The first kappa shape index (κ1) is 7.91. The number of nitrogens with zero attached hydrogens (tertiary/aromatic N) is 1. The van der Waals surface area contributed by atoms with Gasteiger partial charge >= 0.3 is 0 Å². The molecule has 0 saturated carbocycles. The van der Waals surface area contributed by atoms with E-state index < -0.39 is 0 Å². The van der Waals surface area contributed by atoms with Crippen molar-refractivity contribution in [2.45, 2.75) is 12.8 Å². The van der Waals surface area contributed by atoms with Crippen molar-refractivity contribution in [3.63, 3.8) is 0 Å². The molecule has 2 heterocycles. The summed E-state index contributed by atoms with van der Waals surface area (Å²) in [5.41, 5.74) is 1.66. The van der Waals surface area contributed by atoms with Crippen molar-refractivity contribution in [2.75, 3.05) is 5.32 Å². The Morgan fingerprint density at radius 3 is 3.15 bits per heavy atom. The molecule has 0 aliphatic carbocycles. The van der Waals surface area contributed by atoms with E-state index in [0.717, 1.165) is 0 Å². The van der Waals surface area contributed by atoms with Crippen molar-refractivity contribution in [3.8, 4) is 0 Å². The molecule has 1 aliphatic rings. The van der Waals surface area contributed by atoms with Crippen molar-refractivity contribution in [1.29, 1.82) is 5.41 Å². The largest absolute Gasteiger partial charge is 0.324 e. The number of hydrogen-bond donors (Lipinski definition) is 2. The number of amides is 1. The van der Waals surface area contributed by atoms with Gasteiger partial charge in [0.1, 0.15) is 5.69 Å². The minimum atomic E-state index is -0.0449. The molecule has 4 heteroatoms. The van der Waals surface area contributed by atoms with E-state index in [1.54, 1.807) is 18.3 Å². The van der Waals surface area contributed by atoms with E-state index in [-0.39, 0.29) is 5.91 Å². The quantitative estimate of drug-likeness (QED) is 0.621. The van der Waals surface area contributed by atoms with Gasteiger partial charge in [-0.15, -0.1) is 0 Å². The van der Waals surface area contributed by atoms with Crippen molar-refractivity contribution >= 4 is 17.3 Å². The van der Waals surface area contributed by atoms with Crippen LogP contribution in [-0.4, -0.2) is 16.6 Å². The van der Waals surface area contributed by atoms with Crippen LogP contribution in [0.25, 0.3) is 0 Å². The van der Waals surface area contributed by atoms with Gasteiger partial charge in [0.25, 0.3) is 0 Å². The summed E-state index contributed by atoms with van der Waals surface area (Å²) in [4.78, 5) is 15.2. The van der Waals surface area contributed by atoms with Gasteiger partial charge < -0.3 is 10.7 Å². The van der Waals surface area contributed by atoms with E-state index in [1.807, 2.05) is 0 Å². The lowest BCUT2D eigenvalue weighted by Gasteiger charge is -2.03.